The Labute approximate surface area is 188 Å². The van der Waals surface area contributed by atoms with Gasteiger partial charge in [-0.15, -0.1) is 0 Å². The Hall–Kier alpha value is -2.77. The maximum atomic E-state index is 12.5. The van der Waals surface area contributed by atoms with Crippen molar-refractivity contribution in [1.29, 1.82) is 0 Å². The number of amides is 1. The van der Waals surface area contributed by atoms with E-state index in [1.807, 2.05) is 32.0 Å². The van der Waals surface area contributed by atoms with Crippen LogP contribution in [0.2, 0.25) is 5.02 Å². The standard InChI is InChI=1S/C22H21BrClN3O3/c1-13-5-6-14(2)27(13)16-7-8-17(19(24)10-16)22(28)26-25-12-15-9-18(23)21(30-4)11-20(15)29-3/h5-12H,1-4H3,(H,26,28)/b25-12-. The van der Waals surface area contributed by atoms with E-state index in [-0.39, 0.29) is 0 Å². The predicted molar refractivity (Wildman–Crippen MR) is 123 cm³/mol. The fourth-order valence-corrected chi connectivity index (χ4v) is 3.89. The van der Waals surface area contributed by atoms with Gasteiger partial charge in [0.1, 0.15) is 11.5 Å². The largest absolute Gasteiger partial charge is 0.496 e. The molecule has 0 saturated carbocycles. The molecule has 3 aromatic rings. The number of hydrogen-bond donors (Lipinski definition) is 1. The smallest absolute Gasteiger partial charge is 0.272 e. The Morgan fingerprint density at radius 1 is 1.07 bits per heavy atom. The van der Waals surface area contributed by atoms with Crippen molar-refractivity contribution in [2.75, 3.05) is 14.2 Å². The third-order valence-electron chi connectivity index (χ3n) is 4.60. The minimum Gasteiger partial charge on any atom is -0.496 e. The molecule has 0 fully saturated rings. The average molecular weight is 491 g/mol. The van der Waals surface area contributed by atoms with Gasteiger partial charge in [-0.05, 0) is 66.2 Å². The average Bonchev–Trinajstić information content (AvgIpc) is 3.06. The Morgan fingerprint density at radius 2 is 1.73 bits per heavy atom. The van der Waals surface area contributed by atoms with Gasteiger partial charge in [0.25, 0.3) is 5.91 Å². The molecule has 0 aliphatic carbocycles. The van der Waals surface area contributed by atoms with E-state index < -0.39 is 5.91 Å². The van der Waals surface area contributed by atoms with Crippen molar-refractivity contribution < 1.29 is 14.3 Å². The lowest BCUT2D eigenvalue weighted by atomic mass is 10.2. The predicted octanol–water partition coefficient (Wildman–Crippen LogP) is 5.29. The van der Waals surface area contributed by atoms with Crippen LogP contribution in [0, 0.1) is 13.8 Å². The second-order valence-electron chi connectivity index (χ2n) is 6.54. The van der Waals surface area contributed by atoms with E-state index in [0.29, 0.717) is 27.6 Å². The van der Waals surface area contributed by atoms with Crippen molar-refractivity contribution in [1.82, 2.24) is 9.99 Å². The molecule has 0 aliphatic heterocycles. The highest BCUT2D eigenvalue weighted by Gasteiger charge is 2.13. The molecule has 0 atom stereocenters. The molecule has 0 unspecified atom stereocenters. The number of methoxy groups -OCH3 is 2. The molecule has 0 spiro atoms. The first-order chi connectivity index (χ1) is 14.3. The summed E-state index contributed by atoms with van der Waals surface area (Å²) in [5.74, 6) is 0.788. The summed E-state index contributed by atoms with van der Waals surface area (Å²) in [6.07, 6.45) is 1.50. The molecule has 0 aliphatic rings. The number of ether oxygens (including phenoxy) is 2. The summed E-state index contributed by atoms with van der Waals surface area (Å²) in [6.45, 7) is 4.03. The van der Waals surface area contributed by atoms with E-state index in [4.69, 9.17) is 21.1 Å². The summed E-state index contributed by atoms with van der Waals surface area (Å²) in [5, 5.41) is 4.38. The van der Waals surface area contributed by atoms with Crippen molar-refractivity contribution in [2.24, 2.45) is 5.10 Å². The molecule has 0 radical (unpaired) electrons. The lowest BCUT2D eigenvalue weighted by Crippen LogP contribution is -2.18. The number of nitrogens with one attached hydrogen (secondary N) is 1. The van der Waals surface area contributed by atoms with Crippen LogP contribution in [0.15, 0.2) is 52.0 Å². The maximum absolute atomic E-state index is 12.5. The van der Waals surface area contributed by atoms with Crippen LogP contribution < -0.4 is 14.9 Å². The van der Waals surface area contributed by atoms with Crippen molar-refractivity contribution >= 4 is 39.7 Å². The highest BCUT2D eigenvalue weighted by atomic mass is 79.9. The second kappa shape index (κ2) is 9.36. The van der Waals surface area contributed by atoms with Crippen molar-refractivity contribution in [3.63, 3.8) is 0 Å². The van der Waals surface area contributed by atoms with E-state index in [2.05, 4.69) is 31.0 Å². The summed E-state index contributed by atoms with van der Waals surface area (Å²) in [4.78, 5) is 12.5. The highest BCUT2D eigenvalue weighted by molar-refractivity contribution is 9.10. The number of benzene rings is 2. The number of halogens is 2. The van der Waals surface area contributed by atoms with Crippen molar-refractivity contribution in [2.45, 2.75) is 13.8 Å². The molecule has 1 aromatic heterocycles. The minimum absolute atomic E-state index is 0.336. The number of aryl methyl sites for hydroxylation is 2. The molecular formula is C22H21BrClN3O3. The molecule has 0 bridgehead atoms. The van der Waals surface area contributed by atoms with E-state index >= 15 is 0 Å². The quantitative estimate of drug-likeness (QED) is 0.377. The molecule has 30 heavy (non-hydrogen) atoms. The Bertz CT molecular complexity index is 1110. The first kappa shape index (κ1) is 21.9. The summed E-state index contributed by atoms with van der Waals surface area (Å²) >= 11 is 9.80. The Kier molecular flexibility index (Phi) is 6.84. The summed E-state index contributed by atoms with van der Waals surface area (Å²) in [6, 6.07) is 12.9. The van der Waals surface area contributed by atoms with Crippen LogP contribution in [-0.2, 0) is 0 Å². The zero-order chi connectivity index (χ0) is 21.8. The zero-order valence-corrected chi connectivity index (χ0v) is 19.3. The maximum Gasteiger partial charge on any atom is 0.272 e. The minimum atomic E-state index is -0.407. The number of nitrogens with zero attached hydrogens (tertiary/aromatic N) is 2. The number of carbonyl (C=O) groups is 1. The number of hydrazone groups is 1. The van der Waals surface area contributed by atoms with Crippen LogP contribution in [-0.4, -0.2) is 30.9 Å². The summed E-state index contributed by atoms with van der Waals surface area (Å²) in [5.41, 5.74) is 6.58. The molecule has 8 heteroatoms. The van der Waals surface area contributed by atoms with Crippen LogP contribution in [0.1, 0.15) is 27.3 Å². The molecule has 2 aromatic carbocycles. The third kappa shape index (κ3) is 4.52. The van der Waals surface area contributed by atoms with Gasteiger partial charge in [-0.25, -0.2) is 5.43 Å². The first-order valence-electron chi connectivity index (χ1n) is 9.05. The van der Waals surface area contributed by atoms with E-state index in [0.717, 1.165) is 21.5 Å². The number of hydrogen-bond acceptors (Lipinski definition) is 4. The molecule has 1 N–H and O–H groups in total. The number of rotatable bonds is 6. The Balaban J connectivity index is 1.78. The molecular weight excluding hydrogens is 470 g/mol. The van der Waals surface area contributed by atoms with Crippen LogP contribution in [0.4, 0.5) is 0 Å². The molecule has 6 nitrogen and oxygen atoms in total. The topological polar surface area (TPSA) is 64.8 Å². The van der Waals surface area contributed by atoms with E-state index in [9.17, 15) is 4.79 Å². The van der Waals surface area contributed by atoms with Gasteiger partial charge in [-0.3, -0.25) is 4.79 Å². The molecule has 1 amide bonds. The summed E-state index contributed by atoms with van der Waals surface area (Å²) in [7, 11) is 3.12. The normalized spacial score (nSPS) is 11.0. The zero-order valence-electron chi connectivity index (χ0n) is 17.0. The highest BCUT2D eigenvalue weighted by Crippen LogP contribution is 2.32. The lowest BCUT2D eigenvalue weighted by Gasteiger charge is -2.11. The van der Waals surface area contributed by atoms with Crippen LogP contribution in [0.5, 0.6) is 11.5 Å². The van der Waals surface area contributed by atoms with Gasteiger partial charge in [0.05, 0.1) is 35.5 Å². The van der Waals surface area contributed by atoms with Crippen molar-refractivity contribution in [3.05, 3.63) is 74.5 Å². The van der Waals surface area contributed by atoms with Gasteiger partial charge >= 0.3 is 0 Å². The first-order valence-corrected chi connectivity index (χ1v) is 10.2. The summed E-state index contributed by atoms with van der Waals surface area (Å²) < 4.78 is 13.4. The van der Waals surface area contributed by atoms with Crippen LogP contribution >= 0.6 is 27.5 Å². The SMILES string of the molecule is COc1cc(OC)c(/C=N\NC(=O)c2ccc(-n3c(C)ccc3C)cc2Cl)cc1Br. The third-order valence-corrected chi connectivity index (χ3v) is 5.53. The van der Waals surface area contributed by atoms with Gasteiger partial charge in [0, 0.05) is 28.7 Å². The number of carbonyl (C=O) groups excluding carboxylic acids is 1. The van der Waals surface area contributed by atoms with Crippen molar-refractivity contribution in [3.8, 4) is 17.2 Å². The lowest BCUT2D eigenvalue weighted by molar-refractivity contribution is 0.0955. The van der Waals surface area contributed by atoms with E-state index in [1.54, 1.807) is 38.5 Å². The molecule has 0 saturated heterocycles. The van der Waals surface area contributed by atoms with Gasteiger partial charge in [0.2, 0.25) is 0 Å². The van der Waals surface area contributed by atoms with Crippen LogP contribution in [0.3, 0.4) is 0 Å². The van der Waals surface area contributed by atoms with Gasteiger partial charge < -0.3 is 14.0 Å². The Morgan fingerprint density at radius 3 is 2.33 bits per heavy atom. The van der Waals surface area contributed by atoms with E-state index in [1.165, 1.54) is 6.21 Å². The van der Waals surface area contributed by atoms with Crippen LogP contribution in [0.25, 0.3) is 5.69 Å². The van der Waals surface area contributed by atoms with Gasteiger partial charge in [-0.1, -0.05) is 11.6 Å². The molecule has 1 heterocycles. The fourth-order valence-electron chi connectivity index (χ4n) is 3.11. The van der Waals surface area contributed by atoms with Gasteiger partial charge in [-0.2, -0.15) is 5.10 Å². The molecule has 3 rings (SSSR count). The second-order valence-corrected chi connectivity index (χ2v) is 7.81. The monoisotopic (exact) mass is 489 g/mol. The molecule has 156 valence electrons. The van der Waals surface area contributed by atoms with Gasteiger partial charge in [0.15, 0.2) is 0 Å². The number of aromatic nitrogens is 1. The fraction of sp³-hybridized carbons (Fsp3) is 0.182.